The van der Waals surface area contributed by atoms with Gasteiger partial charge in [-0.2, -0.15) is 3.84 Å². The second-order valence-electron chi connectivity index (χ2n) is 0.0583. The van der Waals surface area contributed by atoms with Crippen LogP contribution in [0.2, 0.25) is 0 Å². The van der Waals surface area contributed by atoms with Crippen molar-refractivity contribution in [2.45, 2.75) is 0 Å². The van der Waals surface area contributed by atoms with Gasteiger partial charge in [-0.05, 0) is 0 Å². The van der Waals surface area contributed by atoms with Crippen molar-refractivity contribution < 1.29 is 9.32 Å². The van der Waals surface area contributed by atoms with E-state index in [2.05, 4.69) is 27.6 Å². The Balaban J connectivity index is -0.00000000667. The summed E-state index contributed by atoms with van der Waals surface area (Å²) in [6, 6.07) is 0. The Bertz CT molecular complexity index is 9.51. The third-order valence-electron chi connectivity index (χ3n) is 0. The van der Waals surface area contributed by atoms with Crippen LogP contribution in [0.25, 0.3) is 0 Å². The van der Waals surface area contributed by atoms with Crippen molar-refractivity contribution in [3.05, 3.63) is 0 Å². The quantitative estimate of drug-likeness (QED) is 0.387. The summed E-state index contributed by atoms with van der Waals surface area (Å²) in [4.78, 5) is 0. The van der Waals surface area contributed by atoms with Gasteiger partial charge in [0.25, 0.3) is 0 Å². The molecule has 2 N–H and O–H groups in total. The van der Waals surface area contributed by atoms with Gasteiger partial charge < -0.3 is 5.48 Å². The fourth-order valence-corrected chi connectivity index (χ4v) is 0. The zero-order valence-electron chi connectivity index (χ0n) is 1.66. The van der Waals surface area contributed by atoms with Crippen molar-refractivity contribution in [1.29, 1.82) is 0 Å². The van der Waals surface area contributed by atoms with Crippen molar-refractivity contribution in [3.8, 4) is 0 Å². The number of rotatable bonds is 0. The molecule has 0 aromatic heterocycles. The predicted octanol–water partition coefficient (Wildman–Crippen LogP) is -1.88. The Labute approximate surface area is 67.7 Å². The second kappa shape index (κ2) is 30.9. The minimum absolute atomic E-state index is 0. The van der Waals surface area contributed by atoms with Gasteiger partial charge in [-0.15, -0.1) is 0 Å². The van der Waals surface area contributed by atoms with Gasteiger partial charge in [0, 0.05) is 0 Å². The maximum absolute atomic E-state index is 4.26. The first-order valence-electron chi connectivity index (χ1n) is 0.309. The van der Waals surface area contributed by atoms with E-state index in [0.717, 1.165) is 0 Å². The summed E-state index contributed by atoms with van der Waals surface area (Å²) >= 11 is 8.53. The topological polar surface area (TPSA) is 40.7 Å². The minimum atomic E-state index is 0. The second-order valence-corrected chi connectivity index (χ2v) is 0.525. The van der Waals surface area contributed by atoms with E-state index in [4.69, 9.17) is 0 Å². The van der Waals surface area contributed by atoms with Crippen molar-refractivity contribution >= 4 is 58.5 Å². The zero-order chi connectivity index (χ0) is 2.71. The van der Waals surface area contributed by atoms with E-state index in [1.165, 1.54) is 0 Å². The van der Waals surface area contributed by atoms with Gasteiger partial charge in [-0.3, -0.25) is 0 Å². The zero-order valence-corrected chi connectivity index (χ0v) is 3.18. The molecule has 0 aliphatic heterocycles. The highest BCUT2D eigenvalue weighted by Gasteiger charge is 1.38. The van der Waals surface area contributed by atoms with Crippen LogP contribution in [-0.2, 0) is 3.84 Å². The van der Waals surface area contributed by atoms with Gasteiger partial charge in [-0.1, -0.05) is 0 Å². The normalized spacial score (nSPS) is 3.00. The van der Waals surface area contributed by atoms with Gasteiger partial charge in [0.1, 0.15) is 0 Å². The van der Waals surface area contributed by atoms with Crippen molar-refractivity contribution in [3.63, 3.8) is 0 Å². The van der Waals surface area contributed by atoms with Crippen LogP contribution in [0, 0.1) is 0 Å². The smallest absolute Gasteiger partial charge is 0.187 e. The fraction of sp³-hybridized carbons (Fsp3) is 0. The van der Waals surface area contributed by atoms with E-state index in [1.807, 2.05) is 0 Å². The Morgan fingerprint density at radius 3 is 1.00 bits per heavy atom. The predicted molar refractivity (Wildman–Crippen MR) is 36.3 cm³/mol. The minimum Gasteiger partial charge on any atom is -0.412 e. The van der Waals surface area contributed by atoms with Crippen LogP contribution in [0.5, 0.6) is 0 Å². The Morgan fingerprint density at radius 2 is 1.00 bits per heavy atom. The maximum atomic E-state index is 4.26. The SMILES string of the molecule is ClOCl.O.[AlH3].[AlH3]. The first kappa shape index (κ1) is 25.7. The first-order valence-corrected chi connectivity index (χ1v) is 0.926. The molecule has 0 amide bonds. The van der Waals surface area contributed by atoms with Crippen LogP contribution in [0.4, 0.5) is 0 Å². The molecule has 2 nitrogen and oxygen atoms in total. The van der Waals surface area contributed by atoms with Crippen molar-refractivity contribution in [1.82, 2.24) is 0 Å². The lowest BCUT2D eigenvalue weighted by atomic mass is 15.9. The van der Waals surface area contributed by atoms with Gasteiger partial charge in [0.2, 0.25) is 0 Å². The van der Waals surface area contributed by atoms with E-state index in [1.54, 1.807) is 0 Å². The lowest BCUT2D eigenvalue weighted by Gasteiger charge is -1.46. The van der Waals surface area contributed by atoms with E-state index < -0.39 is 0 Å². The number of hydrogen-bond acceptors (Lipinski definition) is 1. The summed E-state index contributed by atoms with van der Waals surface area (Å²) in [7, 11) is 0. The molecule has 0 fully saturated rings. The highest BCUT2D eigenvalue weighted by molar-refractivity contribution is 6.24. The van der Waals surface area contributed by atoms with Crippen LogP contribution in [0.3, 0.4) is 0 Å². The van der Waals surface area contributed by atoms with Crippen LogP contribution in [-0.4, -0.2) is 40.2 Å². The summed E-state index contributed by atoms with van der Waals surface area (Å²) in [6.07, 6.45) is 0. The third kappa shape index (κ3) is 47.4. The molecule has 0 rings (SSSR count). The molecule has 0 aliphatic rings. The first-order chi connectivity index (χ1) is 1.41. The molecule has 0 spiro atoms. The summed E-state index contributed by atoms with van der Waals surface area (Å²) in [5.41, 5.74) is 0. The molecule has 40 valence electrons. The molecule has 0 aliphatic carbocycles. The summed E-state index contributed by atoms with van der Waals surface area (Å²) in [5.74, 6) is 0. The molecular weight excluding hydrogens is 157 g/mol. The average Bonchev–Trinajstić information content (AvgIpc) is 0.918. The van der Waals surface area contributed by atoms with Gasteiger partial charge in [0.05, 0.1) is 23.7 Å². The standard InChI is InChI=1S/2Al.Cl2O.H2O.6H/c;;1-3-2;;;;;;;/h;;;1H2;;;;;;. The highest BCUT2D eigenvalue weighted by Crippen LogP contribution is 1.78. The lowest BCUT2D eigenvalue weighted by Crippen LogP contribution is -1.15. The van der Waals surface area contributed by atoms with Crippen molar-refractivity contribution in [2.75, 3.05) is 0 Å². The molecule has 6 heavy (non-hydrogen) atoms. The lowest BCUT2D eigenvalue weighted by molar-refractivity contribution is 0.697. The molecule has 0 heterocycles. The maximum Gasteiger partial charge on any atom is 0.187 e. The molecule has 0 saturated carbocycles. The van der Waals surface area contributed by atoms with Gasteiger partial charge >= 0.3 is 0 Å². The Morgan fingerprint density at radius 1 is 1.00 bits per heavy atom. The van der Waals surface area contributed by atoms with Crippen LogP contribution >= 0.6 is 23.7 Å². The molecule has 6 heteroatoms. The van der Waals surface area contributed by atoms with E-state index in [0.29, 0.717) is 0 Å². The monoisotopic (exact) mass is 164 g/mol. The number of halogens is 2. The van der Waals surface area contributed by atoms with E-state index >= 15 is 0 Å². The molecule has 0 unspecified atom stereocenters. The van der Waals surface area contributed by atoms with E-state index in [-0.39, 0.29) is 40.2 Å². The number of hydrogen-bond donors (Lipinski definition) is 0. The summed E-state index contributed by atoms with van der Waals surface area (Å²) in [6.45, 7) is 0. The van der Waals surface area contributed by atoms with Crippen LogP contribution in [0.1, 0.15) is 0 Å². The van der Waals surface area contributed by atoms with Gasteiger partial charge in [0.15, 0.2) is 34.7 Å². The Kier molecular flexibility index (Phi) is 132. The van der Waals surface area contributed by atoms with Crippen molar-refractivity contribution in [2.24, 2.45) is 0 Å². The molecule has 0 aromatic rings. The van der Waals surface area contributed by atoms with E-state index in [9.17, 15) is 0 Å². The van der Waals surface area contributed by atoms with Crippen LogP contribution < -0.4 is 0 Å². The molecular formula is H8Al2Cl2O2. The summed E-state index contributed by atoms with van der Waals surface area (Å²) in [5, 5.41) is 0. The molecule has 0 aromatic carbocycles. The molecule has 0 bridgehead atoms. The molecule has 0 atom stereocenters. The molecule has 0 radical (unpaired) electrons. The third-order valence-corrected chi connectivity index (χ3v) is 0. The fourth-order valence-electron chi connectivity index (χ4n) is 0. The highest BCUT2D eigenvalue weighted by atomic mass is 35.6. The van der Waals surface area contributed by atoms with Gasteiger partial charge in [-0.25, -0.2) is 0 Å². The molecule has 0 saturated heterocycles. The van der Waals surface area contributed by atoms with Crippen LogP contribution in [0.15, 0.2) is 0 Å². The Hall–Kier alpha value is 1.56. The summed E-state index contributed by atoms with van der Waals surface area (Å²) < 4.78 is 3.19. The largest absolute Gasteiger partial charge is 0.412 e. The average molecular weight is 165 g/mol.